The summed E-state index contributed by atoms with van der Waals surface area (Å²) in [4.78, 5) is 0. The first kappa shape index (κ1) is 39.1. The standard InChI is InChI=1S/C34H68S4/c1-5-9-13-17-21-25-29-35-33(36-30-26-22-18-14-10-6-2)34(37-31-27-23-19-15-11-7-3)38-32-28-24-20-16-12-8-4/h5-32H2,1-4H3. The normalized spacial score (nSPS) is 11.4. The van der Waals surface area contributed by atoms with Gasteiger partial charge in [-0.25, -0.2) is 0 Å². The zero-order chi connectivity index (χ0) is 27.8. The summed E-state index contributed by atoms with van der Waals surface area (Å²) >= 11 is 8.86. The summed E-state index contributed by atoms with van der Waals surface area (Å²) in [7, 11) is 0. The first-order valence-electron chi connectivity index (χ1n) is 17.0. The zero-order valence-corrected chi connectivity index (χ0v) is 29.7. The molecule has 0 radical (unpaired) electrons. The van der Waals surface area contributed by atoms with Crippen LogP contribution in [-0.2, 0) is 0 Å². The lowest BCUT2D eigenvalue weighted by Gasteiger charge is -2.15. The third-order valence-electron chi connectivity index (χ3n) is 7.09. The van der Waals surface area contributed by atoms with Crippen LogP contribution in [0.5, 0.6) is 0 Å². The van der Waals surface area contributed by atoms with E-state index in [1.54, 1.807) is 8.47 Å². The van der Waals surface area contributed by atoms with Crippen LogP contribution in [0.25, 0.3) is 0 Å². The van der Waals surface area contributed by atoms with E-state index in [9.17, 15) is 0 Å². The maximum Gasteiger partial charge on any atom is 0.0602 e. The molecule has 0 aliphatic rings. The largest absolute Gasteiger partial charge is 0.118 e. The van der Waals surface area contributed by atoms with Gasteiger partial charge in [-0.1, -0.05) is 156 Å². The lowest BCUT2D eigenvalue weighted by molar-refractivity contribution is 0.627. The molecule has 0 rings (SSSR count). The fourth-order valence-corrected chi connectivity index (χ4v) is 10.2. The van der Waals surface area contributed by atoms with Gasteiger partial charge in [0.1, 0.15) is 0 Å². The van der Waals surface area contributed by atoms with Gasteiger partial charge in [0.15, 0.2) is 0 Å². The summed E-state index contributed by atoms with van der Waals surface area (Å²) in [6.07, 6.45) is 33.8. The van der Waals surface area contributed by atoms with E-state index in [-0.39, 0.29) is 0 Å². The van der Waals surface area contributed by atoms with Crippen LogP contribution in [0.2, 0.25) is 0 Å². The zero-order valence-electron chi connectivity index (χ0n) is 26.4. The van der Waals surface area contributed by atoms with Gasteiger partial charge < -0.3 is 0 Å². The molecule has 228 valence electrons. The summed E-state index contributed by atoms with van der Waals surface area (Å²) < 4.78 is 3.39. The van der Waals surface area contributed by atoms with Crippen molar-refractivity contribution in [3.63, 3.8) is 0 Å². The quantitative estimate of drug-likeness (QED) is 0.0700. The van der Waals surface area contributed by atoms with Gasteiger partial charge in [-0.3, -0.25) is 0 Å². The molecule has 0 aromatic rings. The Bertz CT molecular complexity index is 395. The fourth-order valence-electron chi connectivity index (χ4n) is 4.51. The Balaban J connectivity index is 4.88. The molecule has 0 atom stereocenters. The lowest BCUT2D eigenvalue weighted by Crippen LogP contribution is -1.91. The van der Waals surface area contributed by atoms with Gasteiger partial charge in [0.25, 0.3) is 0 Å². The van der Waals surface area contributed by atoms with Gasteiger partial charge >= 0.3 is 0 Å². The van der Waals surface area contributed by atoms with Gasteiger partial charge in [-0.05, 0) is 48.7 Å². The SMILES string of the molecule is CCCCCCCCSC(SCCCCCCCC)=C(SCCCCCCCC)SCCCCCCCC. The van der Waals surface area contributed by atoms with E-state index in [0.717, 1.165) is 0 Å². The summed E-state index contributed by atoms with van der Waals surface area (Å²) in [5, 5.41) is 0. The van der Waals surface area contributed by atoms with E-state index in [2.05, 4.69) is 74.7 Å². The molecule has 4 heteroatoms. The molecule has 0 aromatic carbocycles. The lowest BCUT2D eigenvalue weighted by atomic mass is 10.1. The smallest absolute Gasteiger partial charge is 0.0602 e. The Morgan fingerprint density at radius 1 is 0.263 bits per heavy atom. The Morgan fingerprint density at radius 2 is 0.447 bits per heavy atom. The van der Waals surface area contributed by atoms with Crippen molar-refractivity contribution in [3.8, 4) is 0 Å². The Morgan fingerprint density at radius 3 is 0.658 bits per heavy atom. The van der Waals surface area contributed by atoms with Crippen LogP contribution < -0.4 is 0 Å². The molecule has 0 aromatic heterocycles. The number of rotatable bonds is 32. The van der Waals surface area contributed by atoms with Crippen LogP contribution in [0.3, 0.4) is 0 Å². The second-order valence-electron chi connectivity index (χ2n) is 11.0. The number of thioether (sulfide) groups is 4. The van der Waals surface area contributed by atoms with Crippen molar-refractivity contribution < 1.29 is 0 Å². The average Bonchev–Trinajstić information content (AvgIpc) is 2.93. The van der Waals surface area contributed by atoms with Crippen molar-refractivity contribution in [2.24, 2.45) is 0 Å². The van der Waals surface area contributed by atoms with Crippen LogP contribution in [0, 0.1) is 0 Å². The molecular formula is C34H68S4. The molecule has 0 aliphatic heterocycles. The minimum absolute atomic E-state index is 1.32. The van der Waals surface area contributed by atoms with Gasteiger partial charge in [0.2, 0.25) is 0 Å². The van der Waals surface area contributed by atoms with E-state index >= 15 is 0 Å². The summed E-state index contributed by atoms with van der Waals surface area (Å²) in [5.74, 6) is 5.29. The molecule has 0 spiro atoms. The minimum Gasteiger partial charge on any atom is -0.118 e. The Hall–Kier alpha value is 1.14. The maximum atomic E-state index is 2.32. The summed E-state index contributed by atoms with van der Waals surface area (Å²) in [5.41, 5.74) is 0. The molecule has 0 amide bonds. The minimum atomic E-state index is 1.32. The van der Waals surface area contributed by atoms with E-state index in [1.165, 1.54) is 177 Å². The van der Waals surface area contributed by atoms with Crippen LogP contribution in [0.4, 0.5) is 0 Å². The molecule has 0 unspecified atom stereocenters. The third-order valence-corrected chi connectivity index (χ3v) is 12.9. The maximum absolute atomic E-state index is 2.32. The summed E-state index contributed by atoms with van der Waals surface area (Å²) in [6.45, 7) is 9.28. The van der Waals surface area contributed by atoms with Crippen molar-refractivity contribution in [2.45, 2.75) is 182 Å². The Labute approximate surface area is 259 Å². The molecule has 0 saturated heterocycles. The van der Waals surface area contributed by atoms with Crippen molar-refractivity contribution in [1.29, 1.82) is 0 Å². The van der Waals surface area contributed by atoms with Crippen molar-refractivity contribution in [3.05, 3.63) is 8.47 Å². The molecule has 0 fully saturated rings. The van der Waals surface area contributed by atoms with Crippen molar-refractivity contribution in [2.75, 3.05) is 23.0 Å². The van der Waals surface area contributed by atoms with Crippen LogP contribution >= 0.6 is 47.0 Å². The molecule has 0 N–H and O–H groups in total. The molecule has 38 heavy (non-hydrogen) atoms. The van der Waals surface area contributed by atoms with Crippen LogP contribution in [0.1, 0.15) is 182 Å². The van der Waals surface area contributed by atoms with Gasteiger partial charge in [0.05, 0.1) is 8.47 Å². The summed E-state index contributed by atoms with van der Waals surface area (Å²) in [6, 6.07) is 0. The van der Waals surface area contributed by atoms with Gasteiger partial charge in [-0.15, -0.1) is 47.0 Å². The molecule has 0 nitrogen and oxygen atoms in total. The van der Waals surface area contributed by atoms with Gasteiger partial charge in [0, 0.05) is 0 Å². The highest BCUT2D eigenvalue weighted by Gasteiger charge is 2.11. The van der Waals surface area contributed by atoms with Crippen molar-refractivity contribution in [1.82, 2.24) is 0 Å². The van der Waals surface area contributed by atoms with Crippen LogP contribution in [-0.4, -0.2) is 23.0 Å². The molecular weight excluding hydrogens is 537 g/mol. The van der Waals surface area contributed by atoms with E-state index < -0.39 is 0 Å². The number of hydrogen-bond acceptors (Lipinski definition) is 4. The first-order chi connectivity index (χ1) is 18.8. The number of unbranched alkanes of at least 4 members (excludes halogenated alkanes) is 20. The van der Waals surface area contributed by atoms with Gasteiger partial charge in [-0.2, -0.15) is 0 Å². The van der Waals surface area contributed by atoms with E-state index in [0.29, 0.717) is 0 Å². The average molecular weight is 605 g/mol. The van der Waals surface area contributed by atoms with Crippen molar-refractivity contribution >= 4 is 47.0 Å². The predicted octanol–water partition coefficient (Wildman–Crippen LogP) is 14.5. The Kier molecular flexibility index (Phi) is 35.4. The monoisotopic (exact) mass is 604 g/mol. The molecule has 0 heterocycles. The van der Waals surface area contributed by atoms with E-state index in [1.807, 2.05) is 0 Å². The molecule has 0 aliphatic carbocycles. The second-order valence-corrected chi connectivity index (χ2v) is 16.0. The highest BCUT2D eigenvalue weighted by atomic mass is 32.2. The highest BCUT2D eigenvalue weighted by molar-refractivity contribution is 8.28. The first-order valence-corrected chi connectivity index (χ1v) is 21.0. The molecule has 0 bridgehead atoms. The van der Waals surface area contributed by atoms with E-state index in [4.69, 9.17) is 0 Å². The fraction of sp³-hybridized carbons (Fsp3) is 0.941. The second kappa shape index (κ2) is 34.3. The highest BCUT2D eigenvalue weighted by Crippen LogP contribution is 2.43. The third kappa shape index (κ3) is 28.7. The topological polar surface area (TPSA) is 0 Å². The molecule has 0 saturated carbocycles. The number of hydrogen-bond donors (Lipinski definition) is 0. The van der Waals surface area contributed by atoms with Crippen LogP contribution in [0.15, 0.2) is 8.47 Å². The predicted molar refractivity (Wildman–Crippen MR) is 190 cm³/mol.